The van der Waals surface area contributed by atoms with Crippen LogP contribution in [0.2, 0.25) is 0 Å². The fraction of sp³-hybridized carbons (Fsp3) is 0.500. The van der Waals surface area contributed by atoms with Crippen LogP contribution in [0.15, 0.2) is 30.3 Å². The molecule has 166 valence electrons. The number of Topliss-reactive ketones (excluding diaryl/α,β-unsaturated/α-hetero) is 1. The maximum atomic E-state index is 12.9. The largest absolute Gasteiger partial charge is 0.493 e. The summed E-state index contributed by atoms with van der Waals surface area (Å²) in [6.07, 6.45) is 2.42. The standard InChI is InChI=1S/C24H31N3O4/c1-17-14-20(18(2)27(17)19-8-9-19)21(28)15-25-10-12-26(13-11-25)24(29)16-31-23-7-5-4-6-22(23)30-3/h4-7,14,19H,8-13,15-16H2,1-3H3. The second-order valence-corrected chi connectivity index (χ2v) is 8.41. The number of amides is 1. The van der Waals surface area contributed by atoms with Crippen LogP contribution < -0.4 is 9.47 Å². The molecule has 2 heterocycles. The molecule has 1 aliphatic heterocycles. The molecule has 0 N–H and O–H groups in total. The number of hydrogen-bond acceptors (Lipinski definition) is 5. The Labute approximate surface area is 183 Å². The number of carbonyl (C=O) groups excluding carboxylic acids is 2. The number of carbonyl (C=O) groups is 2. The Morgan fingerprint density at radius 2 is 1.71 bits per heavy atom. The molecule has 1 aromatic heterocycles. The Kier molecular flexibility index (Phi) is 6.32. The average Bonchev–Trinajstić information content (AvgIpc) is 3.56. The smallest absolute Gasteiger partial charge is 0.260 e. The number of benzene rings is 1. The van der Waals surface area contributed by atoms with E-state index in [1.165, 1.54) is 18.5 Å². The average molecular weight is 426 g/mol. The van der Waals surface area contributed by atoms with Crippen molar-refractivity contribution in [3.63, 3.8) is 0 Å². The normalized spacial score (nSPS) is 16.9. The summed E-state index contributed by atoms with van der Waals surface area (Å²) in [5, 5.41) is 0. The van der Waals surface area contributed by atoms with Gasteiger partial charge in [-0.1, -0.05) is 12.1 Å². The lowest BCUT2D eigenvalue weighted by molar-refractivity contribution is -0.135. The molecule has 1 saturated carbocycles. The van der Waals surface area contributed by atoms with Gasteiger partial charge in [0.05, 0.1) is 13.7 Å². The second-order valence-electron chi connectivity index (χ2n) is 8.41. The summed E-state index contributed by atoms with van der Waals surface area (Å²) in [4.78, 5) is 29.4. The van der Waals surface area contributed by atoms with Crippen LogP contribution in [-0.2, 0) is 4.79 Å². The van der Waals surface area contributed by atoms with Crippen LogP contribution in [0.1, 0.15) is 40.6 Å². The third-order valence-electron chi connectivity index (χ3n) is 6.21. The van der Waals surface area contributed by atoms with Gasteiger partial charge >= 0.3 is 0 Å². The number of hydrogen-bond donors (Lipinski definition) is 0. The molecule has 0 atom stereocenters. The van der Waals surface area contributed by atoms with Gasteiger partial charge in [0.1, 0.15) is 0 Å². The van der Waals surface area contributed by atoms with Gasteiger partial charge in [-0.3, -0.25) is 14.5 Å². The van der Waals surface area contributed by atoms with Crippen LogP contribution in [0.4, 0.5) is 0 Å². The quantitative estimate of drug-likeness (QED) is 0.609. The van der Waals surface area contributed by atoms with E-state index in [4.69, 9.17) is 9.47 Å². The van der Waals surface area contributed by atoms with Crippen molar-refractivity contribution in [1.82, 2.24) is 14.4 Å². The molecule has 1 saturated heterocycles. The minimum Gasteiger partial charge on any atom is -0.493 e. The van der Waals surface area contributed by atoms with Crippen molar-refractivity contribution in [2.45, 2.75) is 32.7 Å². The maximum absolute atomic E-state index is 12.9. The number of ether oxygens (including phenoxy) is 2. The molecule has 1 aliphatic carbocycles. The van der Waals surface area contributed by atoms with E-state index in [1.54, 1.807) is 24.1 Å². The predicted molar refractivity (Wildman–Crippen MR) is 118 cm³/mol. The number of nitrogens with zero attached hydrogens (tertiary/aromatic N) is 3. The Balaban J connectivity index is 1.26. The SMILES string of the molecule is COc1ccccc1OCC(=O)N1CCN(CC(=O)c2cc(C)n(C3CC3)c2C)CC1. The Morgan fingerprint density at radius 3 is 2.35 bits per heavy atom. The summed E-state index contributed by atoms with van der Waals surface area (Å²) in [5.41, 5.74) is 3.11. The second kappa shape index (κ2) is 9.14. The van der Waals surface area contributed by atoms with Crippen LogP contribution >= 0.6 is 0 Å². The van der Waals surface area contributed by atoms with Gasteiger partial charge in [-0.2, -0.15) is 0 Å². The van der Waals surface area contributed by atoms with E-state index in [1.807, 2.05) is 18.2 Å². The summed E-state index contributed by atoms with van der Waals surface area (Å²) in [6, 6.07) is 9.91. The van der Waals surface area contributed by atoms with E-state index in [9.17, 15) is 9.59 Å². The van der Waals surface area contributed by atoms with Gasteiger partial charge in [0.25, 0.3) is 5.91 Å². The first-order valence-corrected chi connectivity index (χ1v) is 11.0. The first kappa shape index (κ1) is 21.4. The number of piperazine rings is 1. The molecule has 2 aliphatic rings. The van der Waals surface area contributed by atoms with Crippen LogP contribution in [0, 0.1) is 13.8 Å². The fourth-order valence-corrected chi connectivity index (χ4v) is 4.37. The summed E-state index contributed by atoms with van der Waals surface area (Å²) in [7, 11) is 1.58. The van der Waals surface area contributed by atoms with Crippen molar-refractivity contribution in [2.24, 2.45) is 0 Å². The summed E-state index contributed by atoms with van der Waals surface area (Å²) < 4.78 is 13.2. The van der Waals surface area contributed by atoms with Crippen molar-refractivity contribution >= 4 is 11.7 Å². The highest BCUT2D eigenvalue weighted by Crippen LogP contribution is 2.38. The van der Waals surface area contributed by atoms with Gasteiger partial charge in [0.2, 0.25) is 0 Å². The van der Waals surface area contributed by atoms with Gasteiger partial charge in [0, 0.05) is 49.2 Å². The maximum Gasteiger partial charge on any atom is 0.260 e. The highest BCUT2D eigenvalue weighted by molar-refractivity contribution is 5.99. The predicted octanol–water partition coefficient (Wildman–Crippen LogP) is 2.85. The van der Waals surface area contributed by atoms with Gasteiger partial charge in [0.15, 0.2) is 23.9 Å². The summed E-state index contributed by atoms with van der Waals surface area (Å²) in [5.74, 6) is 1.29. The van der Waals surface area contributed by atoms with Crippen molar-refractivity contribution < 1.29 is 19.1 Å². The fourth-order valence-electron chi connectivity index (χ4n) is 4.37. The number of aromatic nitrogens is 1. The number of aryl methyl sites for hydroxylation is 1. The minimum atomic E-state index is -0.0511. The zero-order valence-electron chi connectivity index (χ0n) is 18.6. The van der Waals surface area contributed by atoms with E-state index in [0.29, 0.717) is 50.3 Å². The zero-order valence-corrected chi connectivity index (χ0v) is 18.6. The molecule has 31 heavy (non-hydrogen) atoms. The Morgan fingerprint density at radius 1 is 1.03 bits per heavy atom. The molecule has 0 unspecified atom stereocenters. The molecule has 0 radical (unpaired) electrons. The van der Waals surface area contributed by atoms with Crippen molar-refractivity contribution in [3.05, 3.63) is 47.3 Å². The Hall–Kier alpha value is -2.80. The minimum absolute atomic E-state index is 0.0214. The van der Waals surface area contributed by atoms with Gasteiger partial charge in [-0.15, -0.1) is 0 Å². The van der Waals surface area contributed by atoms with Gasteiger partial charge in [-0.05, 0) is 44.9 Å². The lowest BCUT2D eigenvalue weighted by atomic mass is 10.1. The van der Waals surface area contributed by atoms with Crippen molar-refractivity contribution in [3.8, 4) is 11.5 Å². The number of methoxy groups -OCH3 is 1. The first-order valence-electron chi connectivity index (χ1n) is 11.0. The number of ketones is 1. The van der Waals surface area contributed by atoms with Crippen LogP contribution in [0.25, 0.3) is 0 Å². The lowest BCUT2D eigenvalue weighted by Crippen LogP contribution is -2.51. The first-order chi connectivity index (χ1) is 15.0. The third kappa shape index (κ3) is 4.77. The molecule has 0 spiro atoms. The molecule has 1 amide bonds. The zero-order chi connectivity index (χ0) is 22.0. The van der Waals surface area contributed by atoms with E-state index in [0.717, 1.165) is 11.3 Å². The monoisotopic (exact) mass is 425 g/mol. The lowest BCUT2D eigenvalue weighted by Gasteiger charge is -2.34. The Bertz CT molecular complexity index is 956. The molecular formula is C24H31N3O4. The third-order valence-corrected chi connectivity index (χ3v) is 6.21. The van der Waals surface area contributed by atoms with Crippen LogP contribution in [0.3, 0.4) is 0 Å². The van der Waals surface area contributed by atoms with E-state index in [-0.39, 0.29) is 18.3 Å². The van der Waals surface area contributed by atoms with Gasteiger partial charge in [-0.25, -0.2) is 0 Å². The highest BCUT2D eigenvalue weighted by atomic mass is 16.5. The van der Waals surface area contributed by atoms with Gasteiger partial charge < -0.3 is 18.9 Å². The molecule has 2 aromatic rings. The highest BCUT2D eigenvalue weighted by Gasteiger charge is 2.29. The molecule has 0 bridgehead atoms. The van der Waals surface area contributed by atoms with E-state index in [2.05, 4.69) is 23.3 Å². The summed E-state index contributed by atoms with van der Waals surface area (Å²) in [6.45, 7) is 7.09. The van der Waals surface area contributed by atoms with Crippen molar-refractivity contribution in [2.75, 3.05) is 46.4 Å². The molecule has 2 fully saturated rings. The molecule has 7 heteroatoms. The summed E-state index contributed by atoms with van der Waals surface area (Å²) >= 11 is 0. The van der Waals surface area contributed by atoms with Crippen LogP contribution in [-0.4, -0.2) is 72.5 Å². The topological polar surface area (TPSA) is 64.0 Å². The van der Waals surface area contributed by atoms with Crippen molar-refractivity contribution in [1.29, 1.82) is 0 Å². The molecule has 4 rings (SSSR count). The number of rotatable bonds is 8. The molecule has 1 aromatic carbocycles. The molecular weight excluding hydrogens is 394 g/mol. The van der Waals surface area contributed by atoms with Crippen LogP contribution in [0.5, 0.6) is 11.5 Å². The van der Waals surface area contributed by atoms with E-state index < -0.39 is 0 Å². The molecule has 7 nitrogen and oxygen atoms in total. The van der Waals surface area contributed by atoms with E-state index >= 15 is 0 Å². The number of para-hydroxylation sites is 2.